The van der Waals surface area contributed by atoms with E-state index in [1.165, 1.54) is 0 Å². The first-order chi connectivity index (χ1) is 9.31. The van der Waals surface area contributed by atoms with Crippen LogP contribution >= 0.6 is 0 Å². The van der Waals surface area contributed by atoms with E-state index >= 15 is 0 Å². The molecule has 20 heavy (non-hydrogen) atoms. The lowest BCUT2D eigenvalue weighted by molar-refractivity contribution is -0.149. The lowest BCUT2D eigenvalue weighted by Crippen LogP contribution is -2.24. The number of ether oxygens (including phenoxy) is 1. The molecular formula is C17H24O3. The predicted molar refractivity (Wildman–Crippen MR) is 81.5 cm³/mol. The van der Waals surface area contributed by atoms with Crippen LogP contribution in [0.3, 0.4) is 0 Å². The van der Waals surface area contributed by atoms with Gasteiger partial charge in [-0.2, -0.15) is 0 Å². The lowest BCUT2D eigenvalue weighted by atomic mass is 10.0. The summed E-state index contributed by atoms with van der Waals surface area (Å²) >= 11 is 0. The fraction of sp³-hybridized carbons (Fsp3) is 0.471. The molecule has 0 heterocycles. The van der Waals surface area contributed by atoms with Gasteiger partial charge in [-0.25, -0.2) is 4.79 Å². The lowest BCUT2D eigenvalue weighted by Gasteiger charge is -2.20. The zero-order valence-electron chi connectivity index (χ0n) is 12.8. The van der Waals surface area contributed by atoms with Crippen molar-refractivity contribution in [2.45, 2.75) is 52.6 Å². The zero-order valence-corrected chi connectivity index (χ0v) is 12.8. The molecule has 0 bridgehead atoms. The van der Waals surface area contributed by atoms with Gasteiger partial charge in [0.15, 0.2) is 0 Å². The van der Waals surface area contributed by atoms with Crippen LogP contribution in [0.15, 0.2) is 29.8 Å². The molecule has 0 radical (unpaired) electrons. The molecule has 3 heteroatoms. The van der Waals surface area contributed by atoms with Crippen LogP contribution in [0, 0.1) is 0 Å². The molecule has 1 rings (SSSR count). The van der Waals surface area contributed by atoms with E-state index in [-0.39, 0.29) is 11.7 Å². The Balaban J connectivity index is 2.93. The number of unbranched alkanes of at least 4 members (excludes halogenated alkanes) is 1. The van der Waals surface area contributed by atoms with Crippen molar-refractivity contribution in [3.63, 3.8) is 0 Å². The minimum Gasteiger partial charge on any atom is -0.508 e. The second kappa shape index (κ2) is 7.13. The van der Waals surface area contributed by atoms with Crippen LogP contribution in [-0.4, -0.2) is 16.7 Å². The Bertz CT molecular complexity index is 464. The summed E-state index contributed by atoms with van der Waals surface area (Å²) in [5.41, 5.74) is 1.07. The van der Waals surface area contributed by atoms with Crippen LogP contribution in [0.5, 0.6) is 5.75 Å². The van der Waals surface area contributed by atoms with Crippen LogP contribution in [-0.2, 0) is 9.53 Å². The average molecular weight is 276 g/mol. The number of hydrogen-bond donors (Lipinski definition) is 1. The number of phenols is 1. The molecule has 0 aliphatic carbocycles. The van der Waals surface area contributed by atoms with Crippen molar-refractivity contribution < 1.29 is 14.6 Å². The Hall–Kier alpha value is -1.77. The van der Waals surface area contributed by atoms with E-state index < -0.39 is 5.60 Å². The summed E-state index contributed by atoms with van der Waals surface area (Å²) in [4.78, 5) is 12.2. The second-order valence-corrected chi connectivity index (χ2v) is 5.87. The van der Waals surface area contributed by atoms with Gasteiger partial charge in [-0.15, -0.1) is 0 Å². The van der Waals surface area contributed by atoms with Crippen LogP contribution < -0.4 is 0 Å². The largest absolute Gasteiger partial charge is 0.508 e. The molecule has 0 saturated heterocycles. The Kier molecular flexibility index (Phi) is 5.81. The first kappa shape index (κ1) is 16.3. The maximum atomic E-state index is 12.2. The first-order valence-electron chi connectivity index (χ1n) is 7.05. The van der Waals surface area contributed by atoms with Crippen molar-refractivity contribution in [2.75, 3.05) is 0 Å². The van der Waals surface area contributed by atoms with E-state index in [4.69, 9.17) is 4.74 Å². The van der Waals surface area contributed by atoms with Gasteiger partial charge in [-0.3, -0.25) is 0 Å². The van der Waals surface area contributed by atoms with Gasteiger partial charge >= 0.3 is 5.97 Å². The molecule has 0 atom stereocenters. The summed E-state index contributed by atoms with van der Waals surface area (Å²) in [6, 6.07) is 6.79. The maximum absolute atomic E-state index is 12.2. The number of benzene rings is 1. The number of hydrogen-bond acceptors (Lipinski definition) is 3. The third kappa shape index (κ3) is 5.91. The average Bonchev–Trinajstić information content (AvgIpc) is 2.34. The Labute approximate surface area is 121 Å². The van der Waals surface area contributed by atoms with Gasteiger partial charge in [0, 0.05) is 5.57 Å². The number of carbonyl (C=O) groups is 1. The van der Waals surface area contributed by atoms with Gasteiger partial charge in [-0.1, -0.05) is 25.5 Å². The normalized spacial score (nSPS) is 12.3. The molecule has 0 aromatic heterocycles. The summed E-state index contributed by atoms with van der Waals surface area (Å²) in [6.45, 7) is 7.68. The molecule has 1 aromatic carbocycles. The standard InChI is InChI=1S/C17H24O3/c1-5-6-7-14(16(19)20-17(2,3)4)12-13-8-10-15(18)11-9-13/h8-12,18H,5-7H2,1-4H3. The summed E-state index contributed by atoms with van der Waals surface area (Å²) < 4.78 is 5.44. The molecule has 1 aromatic rings. The Morgan fingerprint density at radius 1 is 1.25 bits per heavy atom. The van der Waals surface area contributed by atoms with E-state index in [0.29, 0.717) is 12.0 Å². The molecular weight excluding hydrogens is 252 g/mol. The van der Waals surface area contributed by atoms with Crippen molar-refractivity contribution in [1.29, 1.82) is 0 Å². The molecule has 0 spiro atoms. The van der Waals surface area contributed by atoms with E-state index in [2.05, 4.69) is 6.92 Å². The molecule has 0 fully saturated rings. The molecule has 0 saturated carbocycles. The number of rotatable bonds is 5. The highest BCUT2D eigenvalue weighted by atomic mass is 16.6. The van der Waals surface area contributed by atoms with E-state index in [0.717, 1.165) is 18.4 Å². The Morgan fingerprint density at radius 3 is 2.35 bits per heavy atom. The van der Waals surface area contributed by atoms with Crippen LogP contribution in [0.4, 0.5) is 0 Å². The van der Waals surface area contributed by atoms with Crippen molar-refractivity contribution in [3.8, 4) is 5.75 Å². The van der Waals surface area contributed by atoms with Crippen molar-refractivity contribution >= 4 is 12.0 Å². The smallest absolute Gasteiger partial charge is 0.334 e. The second-order valence-electron chi connectivity index (χ2n) is 5.87. The molecule has 110 valence electrons. The van der Waals surface area contributed by atoms with Crippen molar-refractivity contribution in [1.82, 2.24) is 0 Å². The number of aromatic hydroxyl groups is 1. The topological polar surface area (TPSA) is 46.5 Å². The van der Waals surface area contributed by atoms with Crippen LogP contribution in [0.25, 0.3) is 6.08 Å². The van der Waals surface area contributed by atoms with E-state index in [1.54, 1.807) is 24.3 Å². The molecule has 0 amide bonds. The highest BCUT2D eigenvalue weighted by molar-refractivity contribution is 5.93. The minimum atomic E-state index is -0.489. The van der Waals surface area contributed by atoms with Gasteiger partial charge in [0.2, 0.25) is 0 Å². The van der Waals surface area contributed by atoms with Gasteiger partial charge in [-0.05, 0) is 57.4 Å². The fourth-order valence-electron chi connectivity index (χ4n) is 1.72. The Morgan fingerprint density at radius 2 is 1.85 bits per heavy atom. The summed E-state index contributed by atoms with van der Waals surface area (Å²) in [6.07, 6.45) is 4.51. The van der Waals surface area contributed by atoms with E-state index in [1.807, 2.05) is 26.8 Å². The SMILES string of the molecule is CCCCC(=Cc1ccc(O)cc1)C(=O)OC(C)(C)C. The highest BCUT2D eigenvalue weighted by Crippen LogP contribution is 2.19. The van der Waals surface area contributed by atoms with Crippen LogP contribution in [0.1, 0.15) is 52.5 Å². The summed E-state index contributed by atoms with van der Waals surface area (Å²) in [5, 5.41) is 9.28. The quantitative estimate of drug-likeness (QED) is 0.644. The number of carbonyl (C=O) groups excluding carboxylic acids is 1. The summed E-state index contributed by atoms with van der Waals surface area (Å²) in [7, 11) is 0. The predicted octanol–water partition coefficient (Wildman–Crippen LogP) is 4.31. The molecule has 1 N–H and O–H groups in total. The zero-order chi connectivity index (χ0) is 15.2. The third-order valence-corrected chi connectivity index (χ3v) is 2.69. The van der Waals surface area contributed by atoms with Crippen molar-refractivity contribution in [3.05, 3.63) is 35.4 Å². The van der Waals surface area contributed by atoms with Gasteiger partial charge < -0.3 is 9.84 Å². The van der Waals surface area contributed by atoms with Crippen LogP contribution in [0.2, 0.25) is 0 Å². The first-order valence-corrected chi connectivity index (χ1v) is 7.05. The van der Waals surface area contributed by atoms with Gasteiger partial charge in [0.25, 0.3) is 0 Å². The third-order valence-electron chi connectivity index (χ3n) is 2.69. The van der Waals surface area contributed by atoms with Gasteiger partial charge in [0.05, 0.1) is 0 Å². The summed E-state index contributed by atoms with van der Waals surface area (Å²) in [5.74, 6) is -0.0476. The highest BCUT2D eigenvalue weighted by Gasteiger charge is 2.19. The van der Waals surface area contributed by atoms with Gasteiger partial charge in [0.1, 0.15) is 11.4 Å². The molecule has 0 aliphatic rings. The minimum absolute atomic E-state index is 0.217. The number of phenolic OH excluding ortho intramolecular Hbond substituents is 1. The number of esters is 1. The van der Waals surface area contributed by atoms with Crippen molar-refractivity contribution in [2.24, 2.45) is 0 Å². The van der Waals surface area contributed by atoms with E-state index in [9.17, 15) is 9.90 Å². The molecule has 3 nitrogen and oxygen atoms in total. The maximum Gasteiger partial charge on any atom is 0.334 e. The monoisotopic (exact) mass is 276 g/mol. The molecule has 0 unspecified atom stereocenters. The molecule has 0 aliphatic heterocycles. The fourth-order valence-corrected chi connectivity index (χ4v) is 1.72.